The molecular weight excluding hydrogens is 345 g/mol. The highest BCUT2D eigenvalue weighted by molar-refractivity contribution is 7.16. The van der Waals surface area contributed by atoms with Gasteiger partial charge in [0.2, 0.25) is 5.88 Å². The van der Waals surface area contributed by atoms with Gasteiger partial charge in [-0.15, -0.1) is 11.3 Å². The first-order valence-corrected chi connectivity index (χ1v) is 8.34. The van der Waals surface area contributed by atoms with Gasteiger partial charge in [-0.3, -0.25) is 4.79 Å². The Bertz CT molecular complexity index is 900. The first-order valence-electron chi connectivity index (χ1n) is 7.46. The number of likely N-dealkylation sites (N-methyl/N-ethyl adjacent to an activating group) is 1. The highest BCUT2D eigenvalue weighted by Crippen LogP contribution is 2.25. The Hall–Kier alpha value is -2.74. The van der Waals surface area contributed by atoms with Crippen LogP contribution in [-0.4, -0.2) is 41.5 Å². The van der Waals surface area contributed by atoms with Crippen LogP contribution in [0, 0.1) is 5.82 Å². The van der Waals surface area contributed by atoms with Crippen LogP contribution < -0.4 is 9.47 Å². The third kappa shape index (κ3) is 3.85. The molecule has 0 unspecified atom stereocenters. The topological polar surface area (TPSA) is 64.5 Å². The quantitative estimate of drug-likeness (QED) is 0.675. The molecule has 2 aromatic heterocycles. The van der Waals surface area contributed by atoms with Crippen LogP contribution in [0.2, 0.25) is 0 Å². The zero-order valence-electron chi connectivity index (χ0n) is 13.7. The Morgan fingerprint density at radius 2 is 2.16 bits per heavy atom. The van der Waals surface area contributed by atoms with Crippen molar-refractivity contribution in [3.63, 3.8) is 0 Å². The maximum absolute atomic E-state index is 13.7. The molecule has 0 aliphatic heterocycles. The number of benzene rings is 1. The van der Waals surface area contributed by atoms with Gasteiger partial charge in [0.05, 0.1) is 12.5 Å². The Morgan fingerprint density at radius 1 is 1.32 bits per heavy atom. The summed E-state index contributed by atoms with van der Waals surface area (Å²) in [6.45, 7) is 0.109. The van der Waals surface area contributed by atoms with Crippen LogP contribution in [0.3, 0.4) is 0 Å². The SMILES string of the molecule is COc1ccc(CN(C)C(=O)COc2ncnc3sccc23)cc1F. The molecule has 25 heavy (non-hydrogen) atoms. The number of carbonyl (C=O) groups is 1. The van der Waals surface area contributed by atoms with Crippen molar-refractivity contribution in [2.24, 2.45) is 0 Å². The number of methoxy groups -OCH3 is 1. The molecule has 8 heteroatoms. The summed E-state index contributed by atoms with van der Waals surface area (Å²) in [5, 5.41) is 2.67. The minimum absolute atomic E-state index is 0.156. The predicted octanol–water partition coefficient (Wildman–Crippen LogP) is 2.88. The average molecular weight is 361 g/mol. The predicted molar refractivity (Wildman–Crippen MR) is 92.3 cm³/mol. The van der Waals surface area contributed by atoms with Crippen molar-refractivity contribution in [3.05, 3.63) is 47.4 Å². The van der Waals surface area contributed by atoms with Gasteiger partial charge in [-0.2, -0.15) is 0 Å². The fraction of sp³-hybridized carbons (Fsp3) is 0.235. The van der Waals surface area contributed by atoms with Crippen LogP contribution in [0.5, 0.6) is 11.6 Å². The van der Waals surface area contributed by atoms with E-state index in [-0.39, 0.29) is 24.8 Å². The van der Waals surface area contributed by atoms with Gasteiger partial charge in [-0.05, 0) is 29.1 Å². The van der Waals surface area contributed by atoms with Gasteiger partial charge >= 0.3 is 0 Å². The third-order valence-electron chi connectivity index (χ3n) is 3.62. The molecule has 0 saturated carbocycles. The van der Waals surface area contributed by atoms with E-state index in [1.54, 1.807) is 13.1 Å². The Morgan fingerprint density at radius 3 is 2.92 bits per heavy atom. The smallest absolute Gasteiger partial charge is 0.260 e. The largest absolute Gasteiger partial charge is 0.494 e. The minimum atomic E-state index is -0.460. The number of hydrogen-bond donors (Lipinski definition) is 0. The van der Waals surface area contributed by atoms with Gasteiger partial charge < -0.3 is 14.4 Å². The summed E-state index contributed by atoms with van der Waals surface area (Å²) >= 11 is 1.48. The second-order valence-corrected chi connectivity index (χ2v) is 6.22. The lowest BCUT2D eigenvalue weighted by atomic mass is 10.2. The molecule has 0 radical (unpaired) electrons. The van der Waals surface area contributed by atoms with Crippen molar-refractivity contribution in [1.29, 1.82) is 0 Å². The molecule has 3 aromatic rings. The molecule has 0 N–H and O–H groups in total. The zero-order valence-corrected chi connectivity index (χ0v) is 14.5. The second kappa shape index (κ2) is 7.43. The third-order valence-corrected chi connectivity index (χ3v) is 4.44. The highest BCUT2D eigenvalue weighted by atomic mass is 32.1. The van der Waals surface area contributed by atoms with Crippen molar-refractivity contribution in [3.8, 4) is 11.6 Å². The molecule has 1 amide bonds. The van der Waals surface area contributed by atoms with E-state index in [0.29, 0.717) is 11.4 Å². The van der Waals surface area contributed by atoms with E-state index >= 15 is 0 Å². The van der Waals surface area contributed by atoms with E-state index in [4.69, 9.17) is 9.47 Å². The Balaban J connectivity index is 1.61. The maximum Gasteiger partial charge on any atom is 0.260 e. The lowest BCUT2D eigenvalue weighted by Crippen LogP contribution is -2.31. The van der Waals surface area contributed by atoms with Crippen LogP contribution in [0.15, 0.2) is 36.0 Å². The number of fused-ring (bicyclic) bond motifs is 1. The Labute approximate surface area is 147 Å². The molecule has 0 spiro atoms. The number of nitrogens with zero attached hydrogens (tertiary/aromatic N) is 3. The molecular formula is C17H16FN3O3S. The van der Waals surface area contributed by atoms with Crippen LogP contribution in [0.25, 0.3) is 10.2 Å². The molecule has 1 aromatic carbocycles. The lowest BCUT2D eigenvalue weighted by molar-refractivity contribution is -0.132. The summed E-state index contributed by atoms with van der Waals surface area (Å²) in [6.07, 6.45) is 1.41. The monoisotopic (exact) mass is 361 g/mol. The number of rotatable bonds is 6. The van der Waals surface area contributed by atoms with Crippen molar-refractivity contribution in [2.75, 3.05) is 20.8 Å². The molecule has 2 heterocycles. The summed E-state index contributed by atoms with van der Waals surface area (Å²) in [5.41, 5.74) is 0.663. The number of carbonyl (C=O) groups excluding carboxylic acids is 1. The average Bonchev–Trinajstić information content (AvgIpc) is 3.09. The van der Waals surface area contributed by atoms with Crippen LogP contribution in [0.1, 0.15) is 5.56 Å². The second-order valence-electron chi connectivity index (χ2n) is 5.33. The summed E-state index contributed by atoms with van der Waals surface area (Å²) in [5.74, 6) is -0.149. The van der Waals surface area contributed by atoms with E-state index in [1.165, 1.54) is 41.8 Å². The number of ether oxygens (including phenoxy) is 2. The fourth-order valence-electron chi connectivity index (χ4n) is 2.29. The van der Waals surface area contributed by atoms with Crippen molar-refractivity contribution >= 4 is 27.5 Å². The number of hydrogen-bond acceptors (Lipinski definition) is 6. The molecule has 0 bridgehead atoms. The molecule has 0 saturated heterocycles. The molecule has 0 fully saturated rings. The molecule has 130 valence electrons. The normalized spacial score (nSPS) is 10.7. The van der Waals surface area contributed by atoms with Gasteiger partial charge in [0.15, 0.2) is 18.2 Å². The number of amides is 1. The van der Waals surface area contributed by atoms with Crippen molar-refractivity contribution in [1.82, 2.24) is 14.9 Å². The van der Waals surface area contributed by atoms with Gasteiger partial charge in [-0.25, -0.2) is 14.4 Å². The summed E-state index contributed by atoms with van der Waals surface area (Å²) < 4.78 is 24.1. The van der Waals surface area contributed by atoms with E-state index in [1.807, 2.05) is 11.4 Å². The summed E-state index contributed by atoms with van der Waals surface area (Å²) in [4.78, 5) is 22.7. The number of halogens is 1. The van der Waals surface area contributed by atoms with Gasteiger partial charge in [-0.1, -0.05) is 6.07 Å². The molecule has 6 nitrogen and oxygen atoms in total. The van der Waals surface area contributed by atoms with Crippen LogP contribution in [-0.2, 0) is 11.3 Å². The lowest BCUT2D eigenvalue weighted by Gasteiger charge is -2.18. The van der Waals surface area contributed by atoms with E-state index < -0.39 is 5.82 Å². The Kier molecular flexibility index (Phi) is 5.08. The van der Waals surface area contributed by atoms with E-state index in [2.05, 4.69) is 9.97 Å². The van der Waals surface area contributed by atoms with E-state index in [9.17, 15) is 9.18 Å². The van der Waals surface area contributed by atoms with Crippen LogP contribution in [0.4, 0.5) is 4.39 Å². The van der Waals surface area contributed by atoms with Crippen molar-refractivity contribution in [2.45, 2.75) is 6.54 Å². The van der Waals surface area contributed by atoms with Crippen LogP contribution >= 0.6 is 11.3 Å². The van der Waals surface area contributed by atoms with Gasteiger partial charge in [0, 0.05) is 13.6 Å². The fourth-order valence-corrected chi connectivity index (χ4v) is 3.02. The standard InChI is InChI=1S/C17H16FN3O3S/c1-21(8-11-3-4-14(23-2)13(18)7-11)15(22)9-24-16-12-5-6-25-17(12)20-10-19-16/h3-7,10H,8-9H2,1-2H3. The number of aromatic nitrogens is 2. The summed E-state index contributed by atoms with van der Waals surface area (Å²) in [7, 11) is 3.04. The highest BCUT2D eigenvalue weighted by Gasteiger charge is 2.14. The molecule has 0 atom stereocenters. The van der Waals surface area contributed by atoms with E-state index in [0.717, 1.165) is 10.2 Å². The molecule has 0 aliphatic rings. The van der Waals surface area contributed by atoms with Gasteiger partial charge in [0.1, 0.15) is 11.2 Å². The zero-order chi connectivity index (χ0) is 17.8. The minimum Gasteiger partial charge on any atom is -0.494 e. The summed E-state index contributed by atoms with van der Waals surface area (Å²) in [6, 6.07) is 6.45. The van der Waals surface area contributed by atoms with Gasteiger partial charge in [0.25, 0.3) is 5.91 Å². The first kappa shape index (κ1) is 17.1. The molecule has 0 aliphatic carbocycles. The molecule has 3 rings (SSSR count). The maximum atomic E-state index is 13.7. The first-order chi connectivity index (χ1) is 12.1. The van der Waals surface area contributed by atoms with Crippen molar-refractivity contribution < 1.29 is 18.7 Å². The number of thiophene rings is 1.